The van der Waals surface area contributed by atoms with E-state index in [0.29, 0.717) is 83.8 Å². The van der Waals surface area contributed by atoms with E-state index >= 15 is 8.78 Å². The Morgan fingerprint density at radius 2 is 1.72 bits per heavy atom. The smallest absolute Gasteiger partial charge is 0.317 e. The molecule has 1 unspecified atom stereocenters. The summed E-state index contributed by atoms with van der Waals surface area (Å²) in [5.74, 6) is -1.50. The van der Waals surface area contributed by atoms with E-state index < -0.39 is 23.3 Å². The summed E-state index contributed by atoms with van der Waals surface area (Å²) in [6, 6.07) is 12.0. The number of hydrogen-bond donors (Lipinski definition) is 3. The highest BCUT2D eigenvalue weighted by Crippen LogP contribution is 2.48. The number of benzene rings is 3. The van der Waals surface area contributed by atoms with Crippen LogP contribution in [0.15, 0.2) is 48.7 Å². The molecule has 17 heteroatoms. The molecule has 5 aliphatic heterocycles. The van der Waals surface area contributed by atoms with Gasteiger partial charge in [-0.25, -0.2) is 8.78 Å². The Morgan fingerprint density at radius 3 is 2.47 bits per heavy atom. The van der Waals surface area contributed by atoms with E-state index in [0.717, 1.165) is 102 Å². The quantitative estimate of drug-likeness (QED) is 0.115. The normalized spacial score (nSPS) is 25.2. The average Bonchev–Trinajstić information content (AvgIpc) is 4.03. The molecule has 72 heavy (non-hydrogen) atoms. The number of carbonyl (C=O) groups excluding carboxylic acids is 3. The van der Waals surface area contributed by atoms with Gasteiger partial charge in [-0.05, 0) is 123 Å². The van der Waals surface area contributed by atoms with E-state index in [4.69, 9.17) is 14.7 Å². The van der Waals surface area contributed by atoms with Gasteiger partial charge in [0.05, 0.1) is 17.9 Å². The molecule has 2 saturated carbocycles. The number of phenols is 1. The Labute approximate surface area is 417 Å². The van der Waals surface area contributed by atoms with Gasteiger partial charge in [-0.2, -0.15) is 9.97 Å². The molecule has 6 fully saturated rings. The molecule has 4 saturated heterocycles. The second-order valence-corrected chi connectivity index (χ2v) is 22.3. The molecule has 3 N–H and O–H groups in total. The second kappa shape index (κ2) is 18.3. The summed E-state index contributed by atoms with van der Waals surface area (Å²) in [5.41, 5.74) is 3.08. The predicted molar refractivity (Wildman–Crippen MR) is 267 cm³/mol. The number of imide groups is 1. The molecule has 3 atom stereocenters. The number of amides is 3. The van der Waals surface area contributed by atoms with Crippen LogP contribution in [0.2, 0.25) is 0 Å². The minimum Gasteiger partial charge on any atom is -0.508 e. The number of phenolic OH excluding ortho intramolecular Hbond substituents is 1. The minimum atomic E-state index is -0.889. The van der Waals surface area contributed by atoms with Crippen molar-refractivity contribution in [1.29, 1.82) is 0 Å². The summed E-state index contributed by atoms with van der Waals surface area (Å²) in [6.45, 7) is 14.5. The number of anilines is 1. The SMILES string of the molecule is CCc1c(F)ccc2cc(O)cc(-c3ncc4c(C5CCC[C@@](C)(O)C5)nc(OCC5(CN6CC(N7CC(CN8CCN(c9ccc%10c(c9)CN([C@@H]9CCC(=O)NC9=O)C%10=O)CC8)C7)C6)CC5)nc4c3F)c12. The first-order chi connectivity index (χ1) is 34.7. The topological polar surface area (TPSA) is 168 Å². The summed E-state index contributed by atoms with van der Waals surface area (Å²) in [5, 5.41) is 25.8. The number of likely N-dealkylation sites (tertiary alicyclic amines) is 2. The highest BCUT2D eigenvalue weighted by Gasteiger charge is 2.49. The number of halogens is 2. The molecule has 378 valence electrons. The average molecular weight is 984 g/mol. The maximum Gasteiger partial charge on any atom is 0.317 e. The van der Waals surface area contributed by atoms with Crippen molar-refractivity contribution in [3.8, 4) is 23.0 Å². The summed E-state index contributed by atoms with van der Waals surface area (Å²) in [6.07, 6.45) is 7.30. The van der Waals surface area contributed by atoms with E-state index in [1.54, 1.807) is 23.2 Å². The van der Waals surface area contributed by atoms with Gasteiger partial charge >= 0.3 is 6.01 Å². The lowest BCUT2D eigenvalue weighted by Gasteiger charge is -2.53. The standard InChI is InChI=1S/C55H63F2N9O6/c1-3-39-43(56)9-6-33-20-38(67)21-41(46(33)39)49-47(57)50-42(23-58-49)48(34-5-4-12-54(2,71)22-34)60-53(61-50)72-31-55(13-14-55)30-63-28-37(29-63)65-25-32(26-65)24-62-15-17-64(18-16-62)36-7-8-40-35(19-36)27-66(52(40)70)44-10-11-45(68)59-51(44)69/h6-9,19-21,23,32,34,37,44,67,71H,3-5,10-18,22,24-31H2,1-2H3,(H,59,68,69)/t34?,44-,54-/m1/s1. The first kappa shape index (κ1) is 47.1. The number of hydrogen-bond acceptors (Lipinski definition) is 13. The monoisotopic (exact) mass is 983 g/mol. The van der Waals surface area contributed by atoms with Gasteiger partial charge in [0.1, 0.15) is 28.8 Å². The molecule has 0 radical (unpaired) electrons. The number of nitrogens with zero attached hydrogens (tertiary/aromatic N) is 8. The maximum absolute atomic E-state index is 17.1. The van der Waals surface area contributed by atoms with E-state index in [1.165, 1.54) is 12.1 Å². The van der Waals surface area contributed by atoms with Crippen LogP contribution in [0, 0.1) is 23.0 Å². The molecule has 0 spiro atoms. The Balaban J connectivity index is 0.649. The van der Waals surface area contributed by atoms with E-state index in [2.05, 4.69) is 36.0 Å². The van der Waals surface area contributed by atoms with Crippen LogP contribution < -0.4 is 15.0 Å². The number of aromatic hydroxyl groups is 1. The number of nitrogens with one attached hydrogen (secondary N) is 1. The molecule has 15 nitrogen and oxygen atoms in total. The number of pyridine rings is 1. The Bertz CT molecular complexity index is 3000. The zero-order valence-corrected chi connectivity index (χ0v) is 41.1. The van der Waals surface area contributed by atoms with Crippen LogP contribution in [0.3, 0.4) is 0 Å². The number of aromatic nitrogens is 3. The van der Waals surface area contributed by atoms with Gasteiger partial charge in [0.15, 0.2) is 5.82 Å². The van der Waals surface area contributed by atoms with Crippen LogP contribution in [-0.2, 0) is 22.6 Å². The lowest BCUT2D eigenvalue weighted by atomic mass is 9.77. The number of rotatable bonds is 13. The van der Waals surface area contributed by atoms with Gasteiger partial charge in [0.25, 0.3) is 5.91 Å². The summed E-state index contributed by atoms with van der Waals surface area (Å²) in [7, 11) is 0. The Hall–Kier alpha value is -5.88. The van der Waals surface area contributed by atoms with Crippen molar-refractivity contribution in [2.24, 2.45) is 11.3 Å². The maximum atomic E-state index is 17.1. The molecular formula is C55H63F2N9O6. The number of fused-ring (bicyclic) bond motifs is 3. The van der Waals surface area contributed by atoms with Crippen LogP contribution in [0.5, 0.6) is 11.8 Å². The third kappa shape index (κ3) is 8.83. The van der Waals surface area contributed by atoms with Gasteiger partial charge in [-0.3, -0.25) is 39.4 Å². The van der Waals surface area contributed by atoms with Crippen molar-refractivity contribution in [3.05, 3.63) is 82.7 Å². The second-order valence-electron chi connectivity index (χ2n) is 22.3. The fourth-order valence-electron chi connectivity index (χ4n) is 12.8. The lowest BCUT2D eigenvalue weighted by molar-refractivity contribution is -0.136. The van der Waals surface area contributed by atoms with Crippen LogP contribution in [0.25, 0.3) is 32.9 Å². The molecule has 12 rings (SSSR count). The number of piperazine rings is 1. The van der Waals surface area contributed by atoms with Crippen LogP contribution in [0.4, 0.5) is 14.5 Å². The van der Waals surface area contributed by atoms with E-state index in [9.17, 15) is 24.6 Å². The van der Waals surface area contributed by atoms with Gasteiger partial charge in [-0.15, -0.1) is 0 Å². The van der Waals surface area contributed by atoms with Crippen molar-refractivity contribution in [2.75, 3.05) is 77.0 Å². The van der Waals surface area contributed by atoms with E-state index in [1.807, 2.05) is 26.0 Å². The molecule has 3 amide bonds. The van der Waals surface area contributed by atoms with Crippen molar-refractivity contribution in [2.45, 2.75) is 102 Å². The Morgan fingerprint density at radius 1 is 0.917 bits per heavy atom. The van der Waals surface area contributed by atoms with Gasteiger partial charge in [0.2, 0.25) is 11.8 Å². The molecule has 0 bridgehead atoms. The molecular weight excluding hydrogens is 921 g/mol. The van der Waals surface area contributed by atoms with Crippen LogP contribution >= 0.6 is 0 Å². The summed E-state index contributed by atoms with van der Waals surface area (Å²) >= 11 is 0. The van der Waals surface area contributed by atoms with Gasteiger partial charge in [-0.1, -0.05) is 13.0 Å². The Kier molecular flexibility index (Phi) is 11.9. The zero-order valence-electron chi connectivity index (χ0n) is 41.1. The summed E-state index contributed by atoms with van der Waals surface area (Å²) in [4.78, 5) is 63.4. The number of ether oxygens (including phenoxy) is 1. The van der Waals surface area contributed by atoms with Crippen LogP contribution in [-0.4, -0.2) is 152 Å². The third-order valence-electron chi connectivity index (χ3n) is 17.0. The fraction of sp³-hybridized carbons (Fsp3) is 0.527. The number of aliphatic hydroxyl groups is 1. The highest BCUT2D eigenvalue weighted by atomic mass is 19.1. The highest BCUT2D eigenvalue weighted by molar-refractivity contribution is 6.05. The van der Waals surface area contributed by atoms with Gasteiger partial charge < -0.3 is 24.7 Å². The first-order valence-corrected chi connectivity index (χ1v) is 26.1. The third-order valence-corrected chi connectivity index (χ3v) is 17.0. The number of carbonyl (C=O) groups is 3. The predicted octanol–water partition coefficient (Wildman–Crippen LogP) is 6.16. The molecule has 2 aliphatic carbocycles. The zero-order chi connectivity index (χ0) is 49.6. The largest absolute Gasteiger partial charge is 0.508 e. The number of piperidine rings is 1. The van der Waals surface area contributed by atoms with Crippen molar-refractivity contribution in [1.82, 2.24) is 39.9 Å². The fourth-order valence-corrected chi connectivity index (χ4v) is 12.8. The molecule has 5 aromatic rings. The molecule has 7 aliphatic rings. The molecule has 3 aromatic carbocycles. The lowest BCUT2D eigenvalue weighted by Crippen LogP contribution is -2.67. The van der Waals surface area contributed by atoms with Crippen LogP contribution in [0.1, 0.15) is 98.3 Å². The number of aryl methyl sites for hydroxylation is 1. The minimum absolute atomic E-state index is 0.0337. The van der Waals surface area contributed by atoms with E-state index in [-0.39, 0.29) is 64.0 Å². The molecule has 2 aromatic heterocycles. The van der Waals surface area contributed by atoms with Gasteiger partial charge in [0, 0.05) is 124 Å². The summed E-state index contributed by atoms with van der Waals surface area (Å²) < 4.78 is 38.8. The van der Waals surface area contributed by atoms with Crippen molar-refractivity contribution in [3.63, 3.8) is 0 Å². The van der Waals surface area contributed by atoms with Crippen molar-refractivity contribution < 1.29 is 38.1 Å². The van der Waals surface area contributed by atoms with Crippen molar-refractivity contribution >= 4 is 45.1 Å². The molecule has 7 heterocycles. The first-order valence-electron chi connectivity index (χ1n) is 26.1.